The maximum atomic E-state index is 13.2. The fraction of sp³-hybridized carbons (Fsp3) is 0.308. The van der Waals surface area contributed by atoms with E-state index in [-0.39, 0.29) is 22.2 Å². The molecule has 0 aromatic heterocycles. The van der Waals surface area contributed by atoms with Crippen molar-refractivity contribution in [1.82, 2.24) is 4.90 Å². The number of rotatable bonds is 4. The molecule has 1 aliphatic heterocycles. The van der Waals surface area contributed by atoms with E-state index in [2.05, 4.69) is 0 Å². The van der Waals surface area contributed by atoms with Crippen molar-refractivity contribution >= 4 is 21.7 Å². The summed E-state index contributed by atoms with van der Waals surface area (Å²) in [4.78, 5) is 28.4. The number of allylic oxidation sites excluding steroid dienone is 4. The zero-order valence-electron chi connectivity index (χ0n) is 18.4. The molecule has 3 aliphatic rings. The Hall–Kier alpha value is -3.19. The van der Waals surface area contributed by atoms with Gasteiger partial charge in [0.2, 0.25) is 0 Å². The first kappa shape index (κ1) is 21.6. The lowest BCUT2D eigenvalue weighted by molar-refractivity contribution is -0.117. The van der Waals surface area contributed by atoms with Crippen LogP contribution in [0.25, 0.3) is 0 Å². The fourth-order valence-corrected chi connectivity index (χ4v) is 6.19. The molecular weight excluding hydrogens is 438 g/mol. The summed E-state index contributed by atoms with van der Waals surface area (Å²) in [5, 5.41) is 0. The molecule has 7 heteroatoms. The minimum atomic E-state index is -4.08. The highest BCUT2D eigenvalue weighted by Gasteiger charge is 2.43. The van der Waals surface area contributed by atoms with Crippen LogP contribution in [0, 0.1) is 0 Å². The summed E-state index contributed by atoms with van der Waals surface area (Å²) in [7, 11) is -2.15. The fourth-order valence-electron chi connectivity index (χ4n) is 5.21. The van der Waals surface area contributed by atoms with Crippen LogP contribution >= 0.6 is 0 Å². The molecule has 0 atom stereocenters. The standard InChI is InChI=1S/C26H25NO5S/c1-27-19-12-7-14-21(28)25(19)24(26-20(27)13-8-15-22(26)29)18-11-5-6-16-23(18)32-33(30,31)17-9-3-2-4-10-17/h2-6,9-11,16,24H,7-8,12-15H2,1H3. The highest BCUT2D eigenvalue weighted by molar-refractivity contribution is 7.87. The number of para-hydroxylation sites is 1. The average Bonchev–Trinajstić information content (AvgIpc) is 2.81. The van der Waals surface area contributed by atoms with Crippen LogP contribution in [-0.2, 0) is 19.7 Å². The smallest absolute Gasteiger partial charge is 0.339 e. The third kappa shape index (κ3) is 3.70. The third-order valence-electron chi connectivity index (χ3n) is 6.71. The summed E-state index contributed by atoms with van der Waals surface area (Å²) in [6.45, 7) is 0. The van der Waals surface area contributed by atoms with Gasteiger partial charge in [-0.2, -0.15) is 8.42 Å². The second kappa shape index (κ2) is 8.30. The first-order valence-electron chi connectivity index (χ1n) is 11.2. The van der Waals surface area contributed by atoms with Crippen molar-refractivity contribution in [3.8, 4) is 5.75 Å². The van der Waals surface area contributed by atoms with E-state index in [9.17, 15) is 18.0 Å². The number of carbonyl (C=O) groups excluding carboxylic acids is 2. The Balaban J connectivity index is 1.68. The molecule has 0 N–H and O–H groups in total. The van der Waals surface area contributed by atoms with E-state index < -0.39 is 16.0 Å². The lowest BCUT2D eigenvalue weighted by Gasteiger charge is -2.42. The van der Waals surface area contributed by atoms with Gasteiger partial charge in [-0.3, -0.25) is 9.59 Å². The van der Waals surface area contributed by atoms with Gasteiger partial charge in [-0.1, -0.05) is 36.4 Å². The second-order valence-electron chi connectivity index (χ2n) is 8.65. The Morgan fingerprint density at radius 1 is 0.788 bits per heavy atom. The summed E-state index contributed by atoms with van der Waals surface area (Å²) < 4.78 is 31.6. The van der Waals surface area contributed by atoms with Crippen molar-refractivity contribution < 1.29 is 22.2 Å². The third-order valence-corrected chi connectivity index (χ3v) is 7.95. The molecule has 0 saturated heterocycles. The molecular formula is C26H25NO5S. The molecule has 1 heterocycles. The molecule has 0 amide bonds. The minimum Gasteiger partial charge on any atom is -0.379 e. The maximum Gasteiger partial charge on any atom is 0.339 e. The molecule has 5 rings (SSSR count). The summed E-state index contributed by atoms with van der Waals surface area (Å²) in [5.74, 6) is -0.446. The van der Waals surface area contributed by atoms with Gasteiger partial charge in [-0.25, -0.2) is 0 Å². The zero-order chi connectivity index (χ0) is 23.2. The number of Topliss-reactive ketones (excluding diaryl/α,β-unsaturated/α-hetero) is 2. The molecule has 2 aliphatic carbocycles. The van der Waals surface area contributed by atoms with E-state index >= 15 is 0 Å². The molecule has 6 nitrogen and oxygen atoms in total. The van der Waals surface area contributed by atoms with Crippen LogP contribution in [0.3, 0.4) is 0 Å². The number of nitrogens with zero attached hydrogens (tertiary/aromatic N) is 1. The van der Waals surface area contributed by atoms with E-state index in [4.69, 9.17) is 4.18 Å². The number of benzene rings is 2. The van der Waals surface area contributed by atoms with Gasteiger partial charge in [-0.05, 0) is 43.9 Å². The van der Waals surface area contributed by atoms with Crippen molar-refractivity contribution in [2.75, 3.05) is 7.05 Å². The van der Waals surface area contributed by atoms with Gasteiger partial charge in [0, 0.05) is 53.9 Å². The van der Waals surface area contributed by atoms with E-state index in [0.29, 0.717) is 29.6 Å². The topological polar surface area (TPSA) is 80.8 Å². The Bertz CT molecular complexity index is 1260. The van der Waals surface area contributed by atoms with Crippen molar-refractivity contribution in [3.05, 3.63) is 82.7 Å². The maximum absolute atomic E-state index is 13.2. The molecule has 0 unspecified atom stereocenters. The van der Waals surface area contributed by atoms with E-state index in [0.717, 1.165) is 37.1 Å². The molecule has 0 bridgehead atoms. The first-order chi connectivity index (χ1) is 15.9. The predicted molar refractivity (Wildman–Crippen MR) is 123 cm³/mol. The van der Waals surface area contributed by atoms with E-state index in [1.54, 1.807) is 42.5 Å². The van der Waals surface area contributed by atoms with Crippen LogP contribution in [0.1, 0.15) is 50.0 Å². The van der Waals surface area contributed by atoms with Crippen LogP contribution in [0.2, 0.25) is 0 Å². The molecule has 2 aromatic carbocycles. The Kier molecular flexibility index (Phi) is 5.44. The van der Waals surface area contributed by atoms with Crippen LogP contribution in [0.4, 0.5) is 0 Å². The highest BCUT2D eigenvalue weighted by Crippen LogP contribution is 2.50. The Morgan fingerprint density at radius 2 is 1.33 bits per heavy atom. The summed E-state index contributed by atoms with van der Waals surface area (Å²) >= 11 is 0. The molecule has 0 fully saturated rings. The summed E-state index contributed by atoms with van der Waals surface area (Å²) in [6.07, 6.45) is 3.89. The number of hydrogen-bond donors (Lipinski definition) is 0. The normalized spacial score (nSPS) is 19.5. The van der Waals surface area contributed by atoms with Crippen molar-refractivity contribution in [1.29, 1.82) is 0 Å². The van der Waals surface area contributed by atoms with Gasteiger partial charge >= 0.3 is 10.1 Å². The number of carbonyl (C=O) groups is 2. The van der Waals surface area contributed by atoms with Gasteiger partial charge in [0.25, 0.3) is 0 Å². The first-order valence-corrected chi connectivity index (χ1v) is 12.6. The molecule has 0 spiro atoms. The summed E-state index contributed by atoms with van der Waals surface area (Å²) in [5.41, 5.74) is 3.61. The number of hydrogen-bond acceptors (Lipinski definition) is 6. The van der Waals surface area contributed by atoms with Gasteiger partial charge < -0.3 is 9.08 Å². The van der Waals surface area contributed by atoms with Crippen LogP contribution in [0.5, 0.6) is 5.75 Å². The molecule has 0 saturated carbocycles. The molecule has 170 valence electrons. The SMILES string of the molecule is CN1C2=C(C(=O)CCC2)C(c2ccccc2OS(=O)(=O)c2ccccc2)C2=C1CCCC2=O. The van der Waals surface area contributed by atoms with Crippen molar-refractivity contribution in [3.63, 3.8) is 0 Å². The van der Waals surface area contributed by atoms with Crippen LogP contribution < -0.4 is 4.18 Å². The molecule has 2 aromatic rings. The largest absolute Gasteiger partial charge is 0.379 e. The quantitative estimate of drug-likeness (QED) is 0.621. The predicted octanol–water partition coefficient (Wildman–Crippen LogP) is 4.50. The number of ketones is 2. The average molecular weight is 464 g/mol. The monoisotopic (exact) mass is 463 g/mol. The van der Waals surface area contributed by atoms with E-state index in [1.807, 2.05) is 11.9 Å². The van der Waals surface area contributed by atoms with Crippen molar-refractivity contribution in [2.45, 2.75) is 49.3 Å². The van der Waals surface area contributed by atoms with Gasteiger partial charge in [0.15, 0.2) is 11.6 Å². The lowest BCUT2D eigenvalue weighted by atomic mass is 9.71. The molecule has 0 radical (unpaired) electrons. The van der Waals surface area contributed by atoms with Gasteiger partial charge in [-0.15, -0.1) is 0 Å². The Labute approximate surface area is 193 Å². The lowest BCUT2D eigenvalue weighted by Crippen LogP contribution is -2.37. The van der Waals surface area contributed by atoms with Gasteiger partial charge in [0.05, 0.1) is 0 Å². The zero-order valence-corrected chi connectivity index (χ0v) is 19.2. The van der Waals surface area contributed by atoms with Crippen molar-refractivity contribution in [2.24, 2.45) is 0 Å². The highest BCUT2D eigenvalue weighted by atomic mass is 32.2. The van der Waals surface area contributed by atoms with Crippen LogP contribution in [0.15, 0.2) is 82.0 Å². The van der Waals surface area contributed by atoms with Gasteiger partial charge in [0.1, 0.15) is 10.6 Å². The summed E-state index contributed by atoms with van der Waals surface area (Å²) in [6, 6.07) is 14.8. The molecule has 33 heavy (non-hydrogen) atoms. The van der Waals surface area contributed by atoms with Crippen LogP contribution in [-0.4, -0.2) is 31.9 Å². The minimum absolute atomic E-state index is 0.0127. The second-order valence-corrected chi connectivity index (χ2v) is 10.2. The Morgan fingerprint density at radius 3 is 1.94 bits per heavy atom. The van der Waals surface area contributed by atoms with E-state index in [1.165, 1.54) is 12.1 Å².